The number of aliphatic hydroxyl groups is 1. The van der Waals surface area contributed by atoms with Gasteiger partial charge in [-0.2, -0.15) is 11.3 Å². The Morgan fingerprint density at radius 3 is 2.78 bits per heavy atom. The molecule has 7 nitrogen and oxygen atoms in total. The molecule has 1 aliphatic heterocycles. The van der Waals surface area contributed by atoms with Crippen molar-refractivity contribution in [3.63, 3.8) is 0 Å². The lowest BCUT2D eigenvalue weighted by Crippen LogP contribution is -2.49. The van der Waals surface area contributed by atoms with Gasteiger partial charge in [-0.3, -0.25) is 9.59 Å². The summed E-state index contributed by atoms with van der Waals surface area (Å²) < 4.78 is 1.66. The molecular formula is C19H24N4O3S. The summed E-state index contributed by atoms with van der Waals surface area (Å²) >= 11 is 1.60. The second-order valence-corrected chi connectivity index (χ2v) is 8.42. The van der Waals surface area contributed by atoms with E-state index in [0.29, 0.717) is 49.9 Å². The van der Waals surface area contributed by atoms with Crippen LogP contribution in [0, 0.1) is 11.8 Å². The van der Waals surface area contributed by atoms with Crippen molar-refractivity contribution in [2.24, 2.45) is 18.9 Å². The molecule has 0 unspecified atom stereocenters. The molecular weight excluding hydrogens is 364 g/mol. The fourth-order valence-electron chi connectivity index (χ4n) is 4.29. The number of hydrogen-bond acceptors (Lipinski definition) is 5. The number of rotatable bonds is 4. The number of amides is 2. The summed E-state index contributed by atoms with van der Waals surface area (Å²) in [6, 6.07) is 1.69. The first-order valence-electron chi connectivity index (χ1n) is 9.25. The molecule has 0 radical (unpaired) electrons. The van der Waals surface area contributed by atoms with Gasteiger partial charge < -0.3 is 19.9 Å². The minimum Gasteiger partial charge on any atom is -0.391 e. The predicted molar refractivity (Wildman–Crippen MR) is 101 cm³/mol. The summed E-state index contributed by atoms with van der Waals surface area (Å²) in [4.78, 5) is 30.9. The van der Waals surface area contributed by atoms with E-state index < -0.39 is 6.10 Å². The van der Waals surface area contributed by atoms with Crippen LogP contribution in [0.5, 0.6) is 0 Å². The molecule has 1 saturated heterocycles. The third-order valence-corrected chi connectivity index (χ3v) is 6.53. The maximum absolute atomic E-state index is 12.6. The van der Waals surface area contributed by atoms with E-state index >= 15 is 0 Å². The Morgan fingerprint density at radius 2 is 2.11 bits per heavy atom. The number of aryl methyl sites for hydroxylation is 1. The van der Waals surface area contributed by atoms with Crippen LogP contribution < -0.4 is 5.32 Å². The van der Waals surface area contributed by atoms with Crippen molar-refractivity contribution in [1.29, 1.82) is 0 Å². The molecule has 4 atom stereocenters. The van der Waals surface area contributed by atoms with Crippen molar-refractivity contribution in [2.75, 3.05) is 13.1 Å². The second kappa shape index (κ2) is 7.44. The van der Waals surface area contributed by atoms with E-state index in [1.165, 1.54) is 6.20 Å². The van der Waals surface area contributed by atoms with Crippen LogP contribution in [0.1, 0.15) is 28.9 Å². The summed E-state index contributed by atoms with van der Waals surface area (Å²) in [5.41, 5.74) is 1.53. The monoisotopic (exact) mass is 388 g/mol. The fourth-order valence-corrected chi connectivity index (χ4v) is 4.96. The molecule has 2 aromatic rings. The second-order valence-electron chi connectivity index (χ2n) is 7.64. The van der Waals surface area contributed by atoms with Gasteiger partial charge in [-0.15, -0.1) is 0 Å². The summed E-state index contributed by atoms with van der Waals surface area (Å²) in [7, 11) is 1.77. The van der Waals surface area contributed by atoms with Crippen LogP contribution in [0.3, 0.4) is 0 Å². The molecule has 0 spiro atoms. The van der Waals surface area contributed by atoms with Crippen molar-refractivity contribution in [1.82, 2.24) is 19.8 Å². The number of aromatic nitrogens is 2. The molecule has 1 saturated carbocycles. The molecule has 0 aromatic carbocycles. The number of fused-ring (bicyclic) bond motifs is 1. The number of thiophene rings is 1. The molecule has 2 amide bonds. The zero-order valence-corrected chi connectivity index (χ0v) is 16.1. The smallest absolute Gasteiger partial charge is 0.269 e. The summed E-state index contributed by atoms with van der Waals surface area (Å²) in [6.45, 7) is 1.41. The van der Waals surface area contributed by atoms with Gasteiger partial charge in [-0.1, -0.05) is 0 Å². The topological polar surface area (TPSA) is 87.5 Å². The first kappa shape index (κ1) is 18.2. The zero-order chi connectivity index (χ0) is 19.0. The Bertz CT molecular complexity index is 819. The molecule has 0 bridgehead atoms. The first-order chi connectivity index (χ1) is 13.0. The Labute approximate surface area is 162 Å². The Balaban J connectivity index is 1.36. The van der Waals surface area contributed by atoms with Gasteiger partial charge in [0, 0.05) is 20.1 Å². The maximum atomic E-state index is 12.6. The Hall–Kier alpha value is -2.19. The van der Waals surface area contributed by atoms with E-state index in [1.54, 1.807) is 29.3 Å². The highest BCUT2D eigenvalue weighted by atomic mass is 32.1. The van der Waals surface area contributed by atoms with E-state index in [1.807, 2.05) is 21.7 Å². The normalized spacial score (nSPS) is 27.4. The number of hydrogen-bond donors (Lipinski definition) is 2. The molecule has 4 rings (SSSR count). The summed E-state index contributed by atoms with van der Waals surface area (Å²) in [5.74, 6) is 0.543. The quantitative estimate of drug-likeness (QED) is 0.820. The number of carbonyl (C=O) groups is 2. The first-order valence-corrected chi connectivity index (χ1v) is 10.2. The SMILES string of the molecule is Cn1cncc1C(=O)N[C@H]1C[C@H]2CN(C(=O)Cc3ccsc3)C[C@H]2C[C@@H]1O. The van der Waals surface area contributed by atoms with Crippen molar-refractivity contribution in [2.45, 2.75) is 31.4 Å². The van der Waals surface area contributed by atoms with Crippen LogP contribution in [-0.2, 0) is 18.3 Å². The molecule has 2 fully saturated rings. The molecule has 144 valence electrons. The van der Waals surface area contributed by atoms with Crippen molar-refractivity contribution in [3.05, 3.63) is 40.6 Å². The van der Waals surface area contributed by atoms with Gasteiger partial charge in [0.25, 0.3) is 5.91 Å². The van der Waals surface area contributed by atoms with E-state index in [0.717, 1.165) is 5.56 Å². The van der Waals surface area contributed by atoms with E-state index in [2.05, 4.69) is 10.3 Å². The maximum Gasteiger partial charge on any atom is 0.269 e. The number of imidazole rings is 1. The van der Waals surface area contributed by atoms with Gasteiger partial charge in [0.15, 0.2) is 0 Å². The van der Waals surface area contributed by atoms with Gasteiger partial charge in [-0.25, -0.2) is 4.98 Å². The van der Waals surface area contributed by atoms with Gasteiger partial charge in [0.05, 0.1) is 31.1 Å². The van der Waals surface area contributed by atoms with Crippen LogP contribution in [-0.4, -0.2) is 56.6 Å². The zero-order valence-electron chi connectivity index (χ0n) is 15.2. The molecule has 2 aliphatic rings. The molecule has 27 heavy (non-hydrogen) atoms. The lowest BCUT2D eigenvalue weighted by molar-refractivity contribution is -0.129. The number of nitrogens with one attached hydrogen (secondary N) is 1. The average Bonchev–Trinajstić information content (AvgIpc) is 3.36. The third-order valence-electron chi connectivity index (χ3n) is 5.80. The van der Waals surface area contributed by atoms with Gasteiger partial charge in [0.1, 0.15) is 5.69 Å². The highest BCUT2D eigenvalue weighted by Crippen LogP contribution is 2.37. The van der Waals surface area contributed by atoms with Gasteiger partial charge >= 0.3 is 0 Å². The Morgan fingerprint density at radius 1 is 1.33 bits per heavy atom. The lowest BCUT2D eigenvalue weighted by atomic mass is 9.77. The highest BCUT2D eigenvalue weighted by Gasteiger charge is 2.43. The van der Waals surface area contributed by atoms with Crippen LogP contribution in [0.15, 0.2) is 29.4 Å². The van der Waals surface area contributed by atoms with Crippen LogP contribution >= 0.6 is 11.3 Å². The standard InChI is InChI=1S/C19H24N4O3S/c1-22-11-20-7-16(22)19(26)21-15-5-13-8-23(9-14(13)6-17(15)24)18(25)4-12-2-3-27-10-12/h2-3,7,10-11,13-15,17,24H,4-6,8-9H2,1H3,(H,21,26)/t13-,14+,15-,17-/m0/s1. The highest BCUT2D eigenvalue weighted by molar-refractivity contribution is 7.08. The lowest BCUT2D eigenvalue weighted by Gasteiger charge is -2.35. The minimum atomic E-state index is -0.588. The van der Waals surface area contributed by atoms with Crippen LogP contribution in [0.2, 0.25) is 0 Å². The van der Waals surface area contributed by atoms with Gasteiger partial charge in [-0.05, 0) is 47.1 Å². The minimum absolute atomic E-state index is 0.146. The van der Waals surface area contributed by atoms with Crippen molar-refractivity contribution in [3.8, 4) is 0 Å². The predicted octanol–water partition coefficient (Wildman–Crippen LogP) is 1.05. The number of likely N-dealkylation sites (tertiary alicyclic amines) is 1. The largest absolute Gasteiger partial charge is 0.391 e. The van der Waals surface area contributed by atoms with E-state index in [4.69, 9.17) is 0 Å². The summed E-state index contributed by atoms with van der Waals surface area (Å²) in [6.07, 6.45) is 4.26. The van der Waals surface area contributed by atoms with E-state index in [-0.39, 0.29) is 17.9 Å². The molecule has 3 heterocycles. The summed E-state index contributed by atoms with van der Waals surface area (Å²) in [5, 5.41) is 17.5. The molecule has 2 aromatic heterocycles. The number of carbonyl (C=O) groups excluding carboxylic acids is 2. The Kier molecular flexibility index (Phi) is 5.01. The van der Waals surface area contributed by atoms with Gasteiger partial charge in [0.2, 0.25) is 5.91 Å². The van der Waals surface area contributed by atoms with Crippen LogP contribution in [0.25, 0.3) is 0 Å². The van der Waals surface area contributed by atoms with Crippen LogP contribution in [0.4, 0.5) is 0 Å². The number of nitrogens with zero attached hydrogens (tertiary/aromatic N) is 3. The number of aliphatic hydroxyl groups excluding tert-OH is 1. The van der Waals surface area contributed by atoms with Crippen molar-refractivity contribution < 1.29 is 14.7 Å². The van der Waals surface area contributed by atoms with E-state index in [9.17, 15) is 14.7 Å². The van der Waals surface area contributed by atoms with Crippen molar-refractivity contribution >= 4 is 23.2 Å². The third kappa shape index (κ3) is 3.77. The molecule has 2 N–H and O–H groups in total. The fraction of sp³-hybridized carbons (Fsp3) is 0.526. The molecule has 1 aliphatic carbocycles. The molecule has 8 heteroatoms. The average molecular weight is 388 g/mol.